The lowest BCUT2D eigenvalue weighted by atomic mass is 10.5. The molecule has 0 bridgehead atoms. The molecule has 0 saturated heterocycles. The highest BCUT2D eigenvalue weighted by Crippen LogP contribution is 1.70. The number of aliphatic carboxylic acids is 2. The number of carbonyl (C=O) groups is 2. The van der Waals surface area contributed by atoms with Gasteiger partial charge in [0, 0.05) is 12.2 Å². The van der Waals surface area contributed by atoms with E-state index in [1.807, 2.05) is 0 Å². The van der Waals surface area contributed by atoms with Gasteiger partial charge in [0.2, 0.25) is 0 Å². The molecular formula is C5H8O4. The van der Waals surface area contributed by atoms with Gasteiger partial charge < -0.3 is 10.2 Å². The second kappa shape index (κ2) is 4.83. The summed E-state index contributed by atoms with van der Waals surface area (Å²) in [6.07, 6.45) is 1.12. The normalized spacial score (nSPS) is 8.44. The fourth-order valence-electron chi connectivity index (χ4n) is 0.143. The minimum absolute atomic E-state index is 0. The molecule has 0 aliphatic carbocycles. The van der Waals surface area contributed by atoms with Crippen LogP contribution in [0.5, 0.6) is 0 Å². The molecule has 0 radical (unpaired) electrons. The number of carboxylic acid groups (broad SMARTS) is 2. The molecule has 0 aromatic heterocycles. The third-order valence-corrected chi connectivity index (χ3v) is 0.368. The Balaban J connectivity index is 0. The first-order valence-electron chi connectivity index (χ1n) is 1.77. The zero-order valence-electron chi connectivity index (χ0n) is 3.87. The molecule has 0 aliphatic rings. The van der Waals surface area contributed by atoms with Crippen LogP contribution in [0.15, 0.2) is 12.2 Å². The Morgan fingerprint density at radius 1 is 1.00 bits per heavy atom. The van der Waals surface area contributed by atoms with Crippen molar-refractivity contribution in [3.05, 3.63) is 12.2 Å². The maximum Gasteiger partial charge on any atom is 0.328 e. The second-order valence-corrected chi connectivity index (χ2v) is 1.01. The van der Waals surface area contributed by atoms with Gasteiger partial charge in [0.15, 0.2) is 0 Å². The molecule has 0 amide bonds. The Bertz CT molecular complexity index is 120. The summed E-state index contributed by atoms with van der Waals surface area (Å²) in [7, 11) is 0. The molecule has 0 heterocycles. The predicted octanol–water partition coefficient (Wildman–Crippen LogP) is 0.348. The molecule has 0 aromatic carbocycles. The largest absolute Gasteiger partial charge is 0.478 e. The van der Waals surface area contributed by atoms with Crippen molar-refractivity contribution in [1.29, 1.82) is 0 Å². The molecule has 0 atom stereocenters. The van der Waals surface area contributed by atoms with Crippen LogP contribution >= 0.6 is 0 Å². The average molecular weight is 132 g/mol. The molecule has 0 saturated carbocycles. The van der Waals surface area contributed by atoms with E-state index in [1.54, 1.807) is 0 Å². The smallest absolute Gasteiger partial charge is 0.328 e. The maximum absolute atomic E-state index is 9.55. The molecule has 4 nitrogen and oxygen atoms in total. The Labute approximate surface area is 52.4 Å². The first kappa shape index (κ1) is 10.6. The van der Waals surface area contributed by atoms with Crippen LogP contribution in [0.1, 0.15) is 7.43 Å². The van der Waals surface area contributed by atoms with Crippen LogP contribution in [0.4, 0.5) is 0 Å². The Kier molecular flexibility index (Phi) is 5.70. The number of carboxylic acids is 2. The topological polar surface area (TPSA) is 74.6 Å². The van der Waals surface area contributed by atoms with Gasteiger partial charge >= 0.3 is 11.9 Å². The summed E-state index contributed by atoms with van der Waals surface area (Å²) in [5.41, 5.74) is 0. The van der Waals surface area contributed by atoms with Crippen molar-refractivity contribution in [3.8, 4) is 0 Å². The highest BCUT2D eigenvalue weighted by molar-refractivity contribution is 5.89. The van der Waals surface area contributed by atoms with Crippen LogP contribution in [-0.4, -0.2) is 22.2 Å². The molecule has 0 aromatic rings. The fraction of sp³-hybridized carbons (Fsp3) is 0.200. The summed E-state index contributed by atoms with van der Waals surface area (Å²) in [5, 5.41) is 15.6. The Morgan fingerprint density at radius 3 is 1.33 bits per heavy atom. The number of hydrogen-bond acceptors (Lipinski definition) is 2. The minimum atomic E-state index is -1.26. The van der Waals surface area contributed by atoms with Crippen molar-refractivity contribution in [2.24, 2.45) is 0 Å². The quantitative estimate of drug-likeness (QED) is 0.531. The van der Waals surface area contributed by atoms with Gasteiger partial charge in [0.1, 0.15) is 0 Å². The van der Waals surface area contributed by atoms with Crippen LogP contribution in [0.2, 0.25) is 0 Å². The summed E-state index contributed by atoms with van der Waals surface area (Å²) in [4.78, 5) is 19.1. The second-order valence-electron chi connectivity index (χ2n) is 1.01. The lowest BCUT2D eigenvalue weighted by Gasteiger charge is -1.74. The van der Waals surface area contributed by atoms with Gasteiger partial charge in [-0.3, -0.25) is 0 Å². The van der Waals surface area contributed by atoms with E-state index in [4.69, 9.17) is 10.2 Å². The van der Waals surface area contributed by atoms with E-state index in [0.717, 1.165) is 0 Å². The Hall–Kier alpha value is -1.32. The van der Waals surface area contributed by atoms with E-state index in [2.05, 4.69) is 0 Å². The predicted molar refractivity (Wildman–Crippen MR) is 31.1 cm³/mol. The van der Waals surface area contributed by atoms with Gasteiger partial charge in [-0.05, 0) is 0 Å². The standard InChI is InChI=1S/C4H4O4.CH4/c5-3(6)1-2-4(7)8;/h1-2H,(H,5,6)(H,7,8);1H4/b2-1+;. The van der Waals surface area contributed by atoms with Crippen molar-refractivity contribution in [1.82, 2.24) is 0 Å². The molecule has 4 heteroatoms. The third kappa shape index (κ3) is 10.8. The summed E-state index contributed by atoms with van der Waals surface area (Å²) in [6.45, 7) is 0. The first-order valence-corrected chi connectivity index (χ1v) is 1.77. The molecule has 0 spiro atoms. The van der Waals surface area contributed by atoms with Crippen LogP contribution in [-0.2, 0) is 9.59 Å². The van der Waals surface area contributed by atoms with E-state index in [1.165, 1.54) is 0 Å². The maximum atomic E-state index is 9.55. The monoisotopic (exact) mass is 132 g/mol. The van der Waals surface area contributed by atoms with Crippen molar-refractivity contribution < 1.29 is 19.8 Å². The van der Waals surface area contributed by atoms with E-state index in [-0.39, 0.29) is 7.43 Å². The summed E-state index contributed by atoms with van der Waals surface area (Å²) < 4.78 is 0. The molecule has 0 fully saturated rings. The molecule has 0 unspecified atom stereocenters. The molecular weight excluding hydrogens is 124 g/mol. The Morgan fingerprint density at radius 2 is 1.22 bits per heavy atom. The minimum Gasteiger partial charge on any atom is -0.478 e. The van der Waals surface area contributed by atoms with E-state index in [0.29, 0.717) is 12.2 Å². The molecule has 0 aliphatic heterocycles. The van der Waals surface area contributed by atoms with E-state index >= 15 is 0 Å². The van der Waals surface area contributed by atoms with E-state index < -0.39 is 11.9 Å². The highest BCUT2D eigenvalue weighted by atomic mass is 16.4. The van der Waals surface area contributed by atoms with E-state index in [9.17, 15) is 9.59 Å². The van der Waals surface area contributed by atoms with Crippen LogP contribution < -0.4 is 0 Å². The van der Waals surface area contributed by atoms with Crippen LogP contribution in [0, 0.1) is 0 Å². The molecule has 9 heavy (non-hydrogen) atoms. The zero-order valence-corrected chi connectivity index (χ0v) is 3.87. The number of rotatable bonds is 2. The van der Waals surface area contributed by atoms with Crippen molar-refractivity contribution in [3.63, 3.8) is 0 Å². The average Bonchev–Trinajstić information content (AvgIpc) is 1.61. The van der Waals surface area contributed by atoms with Crippen molar-refractivity contribution >= 4 is 11.9 Å². The summed E-state index contributed by atoms with van der Waals surface area (Å²) in [5.74, 6) is -2.51. The van der Waals surface area contributed by atoms with Crippen LogP contribution in [0.3, 0.4) is 0 Å². The molecule has 2 N–H and O–H groups in total. The van der Waals surface area contributed by atoms with Gasteiger partial charge in [-0.15, -0.1) is 0 Å². The van der Waals surface area contributed by atoms with Gasteiger partial charge in [-0.1, -0.05) is 7.43 Å². The summed E-state index contributed by atoms with van der Waals surface area (Å²) >= 11 is 0. The first-order chi connectivity index (χ1) is 3.63. The molecule has 52 valence electrons. The van der Waals surface area contributed by atoms with Gasteiger partial charge in [-0.2, -0.15) is 0 Å². The lowest BCUT2D eigenvalue weighted by Crippen LogP contribution is -1.91. The SMILES string of the molecule is C.O=C(O)/C=C/C(=O)O. The number of hydrogen-bond donors (Lipinski definition) is 2. The third-order valence-electron chi connectivity index (χ3n) is 0.368. The van der Waals surface area contributed by atoms with Gasteiger partial charge in [0.25, 0.3) is 0 Å². The van der Waals surface area contributed by atoms with Crippen LogP contribution in [0.25, 0.3) is 0 Å². The summed E-state index contributed by atoms with van der Waals surface area (Å²) in [6, 6.07) is 0. The zero-order chi connectivity index (χ0) is 6.57. The van der Waals surface area contributed by atoms with Gasteiger partial charge in [0.05, 0.1) is 0 Å². The van der Waals surface area contributed by atoms with Crippen molar-refractivity contribution in [2.75, 3.05) is 0 Å². The highest BCUT2D eigenvalue weighted by Gasteiger charge is 1.88. The molecule has 0 rings (SSSR count). The van der Waals surface area contributed by atoms with Gasteiger partial charge in [-0.25, -0.2) is 9.59 Å². The van der Waals surface area contributed by atoms with Crippen molar-refractivity contribution in [2.45, 2.75) is 7.43 Å². The fourth-order valence-corrected chi connectivity index (χ4v) is 0.143. The lowest BCUT2D eigenvalue weighted by molar-refractivity contribution is -0.134.